The zero-order valence-electron chi connectivity index (χ0n) is 9.04. The van der Waals surface area contributed by atoms with Crippen LogP contribution in [0, 0.1) is 11.8 Å². The minimum absolute atomic E-state index is 0.0891. The van der Waals surface area contributed by atoms with Crippen molar-refractivity contribution >= 4 is 29.1 Å². The van der Waals surface area contributed by atoms with E-state index in [1.807, 2.05) is 0 Å². The van der Waals surface area contributed by atoms with Gasteiger partial charge in [0.2, 0.25) is 0 Å². The first-order chi connectivity index (χ1) is 8.15. The highest BCUT2D eigenvalue weighted by atomic mass is 35.5. The van der Waals surface area contributed by atoms with Crippen LogP contribution in [-0.4, -0.2) is 25.0 Å². The molecule has 0 bridgehead atoms. The lowest BCUT2D eigenvalue weighted by molar-refractivity contribution is 0.0946. The number of hydrogen-bond donors (Lipinski definition) is 2. The number of fused-ring (bicyclic) bond motifs is 1. The molecule has 3 nitrogen and oxygen atoms in total. The lowest BCUT2D eigenvalue weighted by Crippen LogP contribution is -2.32. The van der Waals surface area contributed by atoms with Crippen LogP contribution in [0.4, 0.5) is 0 Å². The van der Waals surface area contributed by atoms with Crippen molar-refractivity contribution in [1.82, 2.24) is 10.6 Å². The first-order valence-electron chi connectivity index (χ1n) is 5.63. The average molecular weight is 271 g/mol. The lowest BCUT2D eigenvalue weighted by Gasteiger charge is -2.08. The van der Waals surface area contributed by atoms with Gasteiger partial charge in [-0.15, -0.1) is 0 Å². The monoisotopic (exact) mass is 270 g/mol. The molecular weight excluding hydrogens is 259 g/mol. The van der Waals surface area contributed by atoms with E-state index in [4.69, 9.17) is 23.2 Å². The average Bonchev–Trinajstić information content (AvgIpc) is 2.73. The molecule has 0 spiro atoms. The number of carbonyl (C=O) groups excluding carboxylic acids is 1. The quantitative estimate of drug-likeness (QED) is 0.863. The predicted molar refractivity (Wildman–Crippen MR) is 67.6 cm³/mol. The van der Waals surface area contributed by atoms with Crippen molar-refractivity contribution in [2.75, 3.05) is 13.1 Å². The Labute approximate surface area is 109 Å². The summed E-state index contributed by atoms with van der Waals surface area (Å²) in [5.41, 5.74) is 0.528. The van der Waals surface area contributed by atoms with E-state index in [1.165, 1.54) is 0 Å². The third-order valence-corrected chi connectivity index (χ3v) is 3.95. The SMILES string of the molecule is O=C(NC1C2CNCC21)c1cc(Cl)cc(Cl)c1. The maximum Gasteiger partial charge on any atom is 0.251 e. The molecule has 17 heavy (non-hydrogen) atoms. The summed E-state index contributed by atoms with van der Waals surface area (Å²) in [4.78, 5) is 12.0. The van der Waals surface area contributed by atoms with Gasteiger partial charge in [0.25, 0.3) is 5.91 Å². The molecule has 5 heteroatoms. The van der Waals surface area contributed by atoms with Gasteiger partial charge in [-0.05, 0) is 30.0 Å². The Hall–Kier alpha value is -0.770. The van der Waals surface area contributed by atoms with Crippen molar-refractivity contribution in [2.45, 2.75) is 6.04 Å². The van der Waals surface area contributed by atoms with Gasteiger partial charge in [-0.1, -0.05) is 23.2 Å². The maximum absolute atomic E-state index is 12.0. The molecule has 2 N–H and O–H groups in total. The van der Waals surface area contributed by atoms with Gasteiger partial charge in [-0.25, -0.2) is 0 Å². The summed E-state index contributed by atoms with van der Waals surface area (Å²) in [5, 5.41) is 7.29. The molecule has 0 aromatic heterocycles. The van der Waals surface area contributed by atoms with E-state index >= 15 is 0 Å². The van der Waals surface area contributed by atoms with Gasteiger partial charge in [0.15, 0.2) is 0 Å². The van der Waals surface area contributed by atoms with E-state index in [1.54, 1.807) is 18.2 Å². The molecule has 2 fully saturated rings. The van der Waals surface area contributed by atoms with Gasteiger partial charge < -0.3 is 10.6 Å². The zero-order chi connectivity index (χ0) is 12.0. The number of piperidine rings is 1. The summed E-state index contributed by atoms with van der Waals surface area (Å²) in [7, 11) is 0. The Kier molecular flexibility index (Phi) is 2.77. The fourth-order valence-electron chi connectivity index (χ4n) is 2.55. The number of nitrogens with one attached hydrogen (secondary N) is 2. The molecule has 0 radical (unpaired) electrons. The first kappa shape index (κ1) is 11.3. The van der Waals surface area contributed by atoms with E-state index in [9.17, 15) is 4.79 Å². The van der Waals surface area contributed by atoms with Crippen molar-refractivity contribution in [1.29, 1.82) is 0 Å². The second kappa shape index (κ2) is 4.16. The molecule has 2 aliphatic rings. The Morgan fingerprint density at radius 2 is 1.76 bits per heavy atom. The Balaban J connectivity index is 1.69. The number of amides is 1. The maximum atomic E-state index is 12.0. The minimum Gasteiger partial charge on any atom is -0.349 e. The largest absolute Gasteiger partial charge is 0.349 e. The molecule has 90 valence electrons. The summed E-state index contributed by atoms with van der Waals surface area (Å²) in [5.74, 6) is 1.12. The fraction of sp³-hybridized carbons (Fsp3) is 0.417. The van der Waals surface area contributed by atoms with Gasteiger partial charge in [0.05, 0.1) is 0 Å². The molecule has 1 heterocycles. The molecule has 1 aromatic rings. The number of benzene rings is 1. The molecule has 1 aliphatic carbocycles. The number of hydrogen-bond acceptors (Lipinski definition) is 2. The fourth-order valence-corrected chi connectivity index (χ4v) is 3.08. The van der Waals surface area contributed by atoms with Crippen LogP contribution in [-0.2, 0) is 0 Å². The van der Waals surface area contributed by atoms with Crippen molar-refractivity contribution in [3.63, 3.8) is 0 Å². The van der Waals surface area contributed by atoms with Gasteiger partial charge in [0.1, 0.15) is 0 Å². The standard InChI is InChI=1S/C12H12Cl2N2O/c13-7-1-6(2-8(14)3-7)12(17)16-11-9-4-15-5-10(9)11/h1-3,9-11,15H,4-5H2,(H,16,17). The minimum atomic E-state index is -0.0891. The summed E-state index contributed by atoms with van der Waals surface area (Å²) in [6.45, 7) is 2.01. The number of carbonyl (C=O) groups is 1. The van der Waals surface area contributed by atoms with Crippen molar-refractivity contribution < 1.29 is 4.79 Å². The highest BCUT2D eigenvalue weighted by Gasteiger charge is 2.53. The number of rotatable bonds is 2. The van der Waals surface area contributed by atoms with Gasteiger partial charge in [0, 0.05) is 34.7 Å². The second-order valence-corrected chi connectivity index (χ2v) is 5.52. The predicted octanol–water partition coefficient (Wildman–Crippen LogP) is 1.94. The molecule has 1 saturated heterocycles. The number of halogens is 2. The van der Waals surface area contributed by atoms with Crippen molar-refractivity contribution in [3.05, 3.63) is 33.8 Å². The molecule has 1 aromatic carbocycles. The molecule has 3 rings (SSSR count). The Bertz CT molecular complexity index is 447. The van der Waals surface area contributed by atoms with Crippen LogP contribution in [0.15, 0.2) is 18.2 Å². The smallest absolute Gasteiger partial charge is 0.251 e. The zero-order valence-corrected chi connectivity index (χ0v) is 10.6. The normalized spacial score (nSPS) is 29.9. The van der Waals surface area contributed by atoms with Crippen LogP contribution in [0.3, 0.4) is 0 Å². The molecule has 1 saturated carbocycles. The van der Waals surface area contributed by atoms with Crippen LogP contribution in [0.1, 0.15) is 10.4 Å². The molecule has 1 amide bonds. The van der Waals surface area contributed by atoms with Crippen LogP contribution >= 0.6 is 23.2 Å². The van der Waals surface area contributed by atoms with E-state index in [0.717, 1.165) is 13.1 Å². The summed E-state index contributed by atoms with van der Waals surface area (Å²) >= 11 is 11.7. The molecular formula is C12H12Cl2N2O. The highest BCUT2D eigenvalue weighted by molar-refractivity contribution is 6.35. The van der Waals surface area contributed by atoms with Crippen LogP contribution in [0.25, 0.3) is 0 Å². The lowest BCUT2D eigenvalue weighted by atomic mass is 10.2. The van der Waals surface area contributed by atoms with Crippen LogP contribution in [0.5, 0.6) is 0 Å². The van der Waals surface area contributed by atoms with Crippen LogP contribution in [0.2, 0.25) is 10.0 Å². The molecule has 2 atom stereocenters. The van der Waals surface area contributed by atoms with E-state index in [-0.39, 0.29) is 5.91 Å². The van der Waals surface area contributed by atoms with Gasteiger partial charge >= 0.3 is 0 Å². The van der Waals surface area contributed by atoms with E-state index in [2.05, 4.69) is 10.6 Å². The third-order valence-electron chi connectivity index (χ3n) is 3.51. The van der Waals surface area contributed by atoms with E-state index in [0.29, 0.717) is 33.5 Å². The van der Waals surface area contributed by atoms with E-state index < -0.39 is 0 Å². The van der Waals surface area contributed by atoms with Crippen molar-refractivity contribution in [2.24, 2.45) is 11.8 Å². The summed E-state index contributed by atoms with van der Waals surface area (Å²) < 4.78 is 0. The Morgan fingerprint density at radius 1 is 1.18 bits per heavy atom. The third kappa shape index (κ3) is 2.15. The van der Waals surface area contributed by atoms with Crippen molar-refractivity contribution in [3.8, 4) is 0 Å². The first-order valence-corrected chi connectivity index (χ1v) is 6.38. The molecule has 1 aliphatic heterocycles. The second-order valence-electron chi connectivity index (χ2n) is 4.64. The summed E-state index contributed by atoms with van der Waals surface area (Å²) in [6, 6.07) is 5.22. The van der Waals surface area contributed by atoms with Crippen LogP contribution < -0.4 is 10.6 Å². The summed E-state index contributed by atoms with van der Waals surface area (Å²) in [6.07, 6.45) is 0. The topological polar surface area (TPSA) is 41.1 Å². The molecule has 2 unspecified atom stereocenters. The van der Waals surface area contributed by atoms with Gasteiger partial charge in [-0.2, -0.15) is 0 Å². The van der Waals surface area contributed by atoms with Gasteiger partial charge in [-0.3, -0.25) is 4.79 Å². The highest BCUT2D eigenvalue weighted by Crippen LogP contribution is 2.41. The Morgan fingerprint density at radius 3 is 2.35 bits per heavy atom.